The second kappa shape index (κ2) is 8.22. The Labute approximate surface area is 183 Å². The first-order valence-electron chi connectivity index (χ1n) is 10.1. The van der Waals surface area contributed by atoms with Crippen LogP contribution in [0, 0.1) is 11.8 Å². The summed E-state index contributed by atoms with van der Waals surface area (Å²) >= 11 is 0. The summed E-state index contributed by atoms with van der Waals surface area (Å²) in [7, 11) is 1.15. The standard InChI is InChI=1S/C23H22F2N2O5/c1-27(11-19(28)29)21(30)20-18(23(20,24)25)10-26-22(31)32-12-17-15-8-4-2-6-13(15)14-7-3-5-9-16(14)17/h2-9,17-18,20H,10-12H2,1H3,(H,26,31)(H,28,29). The van der Waals surface area contributed by atoms with Gasteiger partial charge in [0.2, 0.25) is 5.91 Å². The first kappa shape index (κ1) is 21.7. The van der Waals surface area contributed by atoms with E-state index in [2.05, 4.69) is 5.32 Å². The fourth-order valence-corrected chi connectivity index (χ4v) is 4.34. The fraction of sp³-hybridized carbons (Fsp3) is 0.348. The molecule has 0 aliphatic heterocycles. The molecule has 9 heteroatoms. The van der Waals surface area contributed by atoms with Crippen LogP contribution in [0.4, 0.5) is 13.6 Å². The van der Waals surface area contributed by atoms with Crippen LogP contribution in [0.1, 0.15) is 17.0 Å². The van der Waals surface area contributed by atoms with E-state index in [1.807, 2.05) is 48.5 Å². The minimum Gasteiger partial charge on any atom is -0.480 e. The van der Waals surface area contributed by atoms with Crippen molar-refractivity contribution in [3.05, 3.63) is 59.7 Å². The number of carbonyl (C=O) groups excluding carboxylic acids is 2. The maximum absolute atomic E-state index is 14.0. The molecule has 2 aromatic rings. The van der Waals surface area contributed by atoms with Crippen molar-refractivity contribution >= 4 is 18.0 Å². The molecule has 2 aromatic carbocycles. The number of rotatable bonds is 7. The van der Waals surface area contributed by atoms with Gasteiger partial charge in [0.05, 0.1) is 5.92 Å². The lowest BCUT2D eigenvalue weighted by Crippen LogP contribution is -2.35. The third-order valence-corrected chi connectivity index (χ3v) is 6.03. The molecule has 2 unspecified atom stereocenters. The van der Waals surface area contributed by atoms with Gasteiger partial charge in [-0.2, -0.15) is 0 Å². The van der Waals surface area contributed by atoms with Crippen LogP contribution >= 0.6 is 0 Å². The number of aliphatic carboxylic acids is 1. The van der Waals surface area contributed by atoms with Gasteiger partial charge in [-0.05, 0) is 22.3 Å². The van der Waals surface area contributed by atoms with Crippen molar-refractivity contribution in [1.82, 2.24) is 10.2 Å². The number of hydrogen-bond acceptors (Lipinski definition) is 4. The number of alkyl halides is 2. The third-order valence-electron chi connectivity index (χ3n) is 6.03. The summed E-state index contributed by atoms with van der Waals surface area (Å²) in [6.45, 7) is -1.07. The van der Waals surface area contributed by atoms with E-state index in [1.54, 1.807) is 0 Å². The molecule has 2 aliphatic carbocycles. The summed E-state index contributed by atoms with van der Waals surface area (Å²) < 4.78 is 33.4. The molecular weight excluding hydrogens is 422 g/mol. The molecule has 1 saturated carbocycles. The van der Waals surface area contributed by atoms with E-state index in [-0.39, 0.29) is 12.5 Å². The highest BCUT2D eigenvalue weighted by Crippen LogP contribution is 2.55. The summed E-state index contributed by atoms with van der Waals surface area (Å²) in [6, 6.07) is 15.6. The van der Waals surface area contributed by atoms with Crippen LogP contribution in [-0.4, -0.2) is 60.6 Å². The van der Waals surface area contributed by atoms with Crippen molar-refractivity contribution in [3.8, 4) is 11.1 Å². The molecule has 168 valence electrons. The number of amides is 2. The van der Waals surface area contributed by atoms with Crippen molar-refractivity contribution in [2.45, 2.75) is 11.8 Å². The molecule has 7 nitrogen and oxygen atoms in total. The third kappa shape index (κ3) is 3.90. The molecule has 2 atom stereocenters. The number of benzene rings is 2. The number of carboxylic acid groups (broad SMARTS) is 1. The number of likely N-dealkylation sites (N-methyl/N-ethyl adjacent to an activating group) is 1. The number of carboxylic acids is 1. The van der Waals surface area contributed by atoms with Crippen LogP contribution in [0.2, 0.25) is 0 Å². The average Bonchev–Trinajstić information content (AvgIpc) is 3.16. The molecule has 2 amide bonds. The zero-order valence-corrected chi connectivity index (χ0v) is 17.3. The molecule has 0 saturated heterocycles. The highest BCUT2D eigenvalue weighted by atomic mass is 19.3. The lowest BCUT2D eigenvalue weighted by molar-refractivity contribution is -0.144. The van der Waals surface area contributed by atoms with Gasteiger partial charge < -0.3 is 20.1 Å². The molecule has 2 N–H and O–H groups in total. The lowest BCUT2D eigenvalue weighted by Gasteiger charge is -2.15. The fourth-order valence-electron chi connectivity index (χ4n) is 4.34. The van der Waals surface area contributed by atoms with Gasteiger partial charge in [-0.1, -0.05) is 48.5 Å². The number of hydrogen-bond donors (Lipinski definition) is 2. The molecular formula is C23H22F2N2O5. The molecule has 0 spiro atoms. The van der Waals surface area contributed by atoms with E-state index < -0.39 is 48.8 Å². The molecule has 4 rings (SSSR count). The van der Waals surface area contributed by atoms with Crippen LogP contribution in [0.15, 0.2) is 48.5 Å². The Kier molecular flexibility index (Phi) is 5.58. The highest BCUT2D eigenvalue weighted by molar-refractivity contribution is 5.86. The smallest absolute Gasteiger partial charge is 0.407 e. The summed E-state index contributed by atoms with van der Waals surface area (Å²) in [6.07, 6.45) is -0.848. The van der Waals surface area contributed by atoms with Gasteiger partial charge in [-0.15, -0.1) is 0 Å². The predicted molar refractivity (Wildman–Crippen MR) is 110 cm³/mol. The maximum Gasteiger partial charge on any atom is 0.407 e. The van der Waals surface area contributed by atoms with Gasteiger partial charge in [0.25, 0.3) is 5.92 Å². The van der Waals surface area contributed by atoms with Crippen LogP contribution in [0.3, 0.4) is 0 Å². The van der Waals surface area contributed by atoms with Crippen molar-refractivity contribution in [2.24, 2.45) is 11.8 Å². The number of alkyl carbamates (subject to hydrolysis) is 1. The van der Waals surface area contributed by atoms with Gasteiger partial charge >= 0.3 is 12.1 Å². The minimum atomic E-state index is -3.31. The van der Waals surface area contributed by atoms with Crippen molar-refractivity contribution < 1.29 is 33.0 Å². The van der Waals surface area contributed by atoms with Crippen LogP contribution in [-0.2, 0) is 14.3 Å². The SMILES string of the molecule is CN(CC(=O)O)C(=O)C1C(CNC(=O)OCC2c3ccccc3-c3ccccc32)C1(F)F. The van der Waals surface area contributed by atoms with Crippen LogP contribution in [0.5, 0.6) is 0 Å². The predicted octanol–water partition coefficient (Wildman–Crippen LogP) is 2.95. The van der Waals surface area contributed by atoms with E-state index in [4.69, 9.17) is 9.84 Å². The second-order valence-corrected chi connectivity index (χ2v) is 8.05. The van der Waals surface area contributed by atoms with Crippen molar-refractivity contribution in [1.29, 1.82) is 0 Å². The van der Waals surface area contributed by atoms with Crippen LogP contribution in [0.25, 0.3) is 11.1 Å². The number of carbonyl (C=O) groups is 3. The zero-order valence-electron chi connectivity index (χ0n) is 17.3. The van der Waals surface area contributed by atoms with Gasteiger partial charge in [-0.3, -0.25) is 9.59 Å². The largest absolute Gasteiger partial charge is 0.480 e. The van der Waals surface area contributed by atoms with Crippen molar-refractivity contribution in [2.75, 3.05) is 26.7 Å². The summed E-state index contributed by atoms with van der Waals surface area (Å²) in [4.78, 5) is 35.7. The molecule has 0 heterocycles. The summed E-state index contributed by atoms with van der Waals surface area (Å²) in [5.74, 6) is -8.77. The molecule has 0 radical (unpaired) electrons. The highest BCUT2D eigenvalue weighted by Gasteiger charge is 2.72. The normalized spacial score (nSPS) is 20.1. The number of nitrogens with zero attached hydrogens (tertiary/aromatic N) is 1. The Morgan fingerprint density at radius 2 is 1.62 bits per heavy atom. The number of halogens is 2. The summed E-state index contributed by atoms with van der Waals surface area (Å²) in [5.41, 5.74) is 4.20. The number of fused-ring (bicyclic) bond motifs is 3. The Bertz CT molecular complexity index is 1030. The van der Waals surface area contributed by atoms with E-state index >= 15 is 0 Å². The topological polar surface area (TPSA) is 95.9 Å². The first-order valence-corrected chi connectivity index (χ1v) is 10.1. The number of nitrogens with one attached hydrogen (secondary N) is 1. The minimum absolute atomic E-state index is 0.0463. The quantitative estimate of drug-likeness (QED) is 0.685. The Balaban J connectivity index is 1.33. The molecule has 2 aliphatic rings. The van der Waals surface area contributed by atoms with Gasteiger partial charge in [0.15, 0.2) is 0 Å². The van der Waals surface area contributed by atoms with Gasteiger partial charge in [0.1, 0.15) is 19.1 Å². The Morgan fingerprint density at radius 1 is 1.06 bits per heavy atom. The molecule has 0 aromatic heterocycles. The Morgan fingerprint density at radius 3 is 2.19 bits per heavy atom. The zero-order chi connectivity index (χ0) is 23.0. The monoisotopic (exact) mass is 444 g/mol. The van der Waals surface area contributed by atoms with Gasteiger partial charge in [-0.25, -0.2) is 13.6 Å². The van der Waals surface area contributed by atoms with E-state index in [1.165, 1.54) is 0 Å². The molecule has 0 bridgehead atoms. The maximum atomic E-state index is 14.0. The Hall–Kier alpha value is -3.49. The lowest BCUT2D eigenvalue weighted by atomic mass is 9.98. The van der Waals surface area contributed by atoms with E-state index in [0.29, 0.717) is 0 Å². The summed E-state index contributed by atoms with van der Waals surface area (Å²) in [5, 5.41) is 11.0. The van der Waals surface area contributed by atoms with Crippen molar-refractivity contribution in [3.63, 3.8) is 0 Å². The first-order chi connectivity index (χ1) is 15.2. The van der Waals surface area contributed by atoms with Crippen LogP contribution < -0.4 is 5.32 Å². The molecule has 1 fully saturated rings. The second-order valence-electron chi connectivity index (χ2n) is 8.05. The van der Waals surface area contributed by atoms with E-state index in [9.17, 15) is 23.2 Å². The van der Waals surface area contributed by atoms with Gasteiger partial charge in [0, 0.05) is 19.5 Å². The average molecular weight is 444 g/mol. The number of ether oxygens (including phenoxy) is 1. The van der Waals surface area contributed by atoms with E-state index in [0.717, 1.165) is 34.2 Å². The molecule has 32 heavy (non-hydrogen) atoms.